The molecule has 2 aliphatic rings. The van der Waals surface area contributed by atoms with Gasteiger partial charge in [-0.05, 0) is 55.3 Å². The highest BCUT2D eigenvalue weighted by Crippen LogP contribution is 2.42. The monoisotopic (exact) mass is 459 g/mol. The van der Waals surface area contributed by atoms with Crippen LogP contribution in [0.2, 0.25) is 0 Å². The van der Waals surface area contributed by atoms with Gasteiger partial charge in [-0.3, -0.25) is 19.3 Å². The quantitative estimate of drug-likeness (QED) is 0.667. The molecule has 0 spiro atoms. The van der Waals surface area contributed by atoms with E-state index in [1.807, 2.05) is 0 Å². The van der Waals surface area contributed by atoms with Crippen molar-refractivity contribution in [3.05, 3.63) is 34.2 Å². The lowest BCUT2D eigenvalue weighted by Gasteiger charge is -2.24. The van der Waals surface area contributed by atoms with E-state index in [4.69, 9.17) is 5.14 Å². The fraction of sp³-hybridized carbons (Fsp3) is 0.389. The number of thioether (sulfide) groups is 1. The topological polar surface area (TPSA) is 127 Å². The van der Waals surface area contributed by atoms with Crippen LogP contribution in [0.15, 0.2) is 33.6 Å². The lowest BCUT2D eigenvalue weighted by atomic mass is 9.91. The second-order valence-electron chi connectivity index (χ2n) is 7.12. The van der Waals surface area contributed by atoms with Crippen molar-refractivity contribution in [1.82, 2.24) is 4.90 Å². The SMILES string of the molecule is Cc1cc(NC(=O)CN2C(=O)SC(=C3CCC(F)(F)CC3)C2=O)ccc1S(N)(=O)=O. The Hall–Kier alpha value is -2.31. The lowest BCUT2D eigenvalue weighted by molar-refractivity contribution is -0.127. The summed E-state index contributed by atoms with van der Waals surface area (Å²) < 4.78 is 49.5. The second-order valence-corrected chi connectivity index (χ2v) is 9.61. The number of amides is 3. The molecule has 0 bridgehead atoms. The van der Waals surface area contributed by atoms with Crippen LogP contribution >= 0.6 is 11.8 Å². The summed E-state index contributed by atoms with van der Waals surface area (Å²) in [5.74, 6) is -4.10. The number of carbonyl (C=O) groups is 3. The molecule has 2 fully saturated rings. The van der Waals surface area contributed by atoms with Gasteiger partial charge in [0.1, 0.15) is 6.54 Å². The molecule has 0 radical (unpaired) electrons. The molecule has 8 nitrogen and oxygen atoms in total. The number of hydrogen-bond acceptors (Lipinski definition) is 6. The number of carbonyl (C=O) groups excluding carboxylic acids is 3. The van der Waals surface area contributed by atoms with Crippen LogP contribution in [0.4, 0.5) is 19.3 Å². The molecule has 3 amide bonds. The summed E-state index contributed by atoms with van der Waals surface area (Å²) in [6.45, 7) is 0.958. The average molecular weight is 459 g/mol. The standard InChI is InChI=1S/C18H19F2N3O5S2/c1-10-8-12(2-3-13(10)30(21,27)28)22-14(24)9-23-16(25)15(29-17(23)26)11-4-6-18(19,20)7-5-11/h2-3,8H,4-7,9H2,1H3,(H,22,24)(H2,21,27,28). The number of hydrogen-bond donors (Lipinski definition) is 2. The van der Waals surface area contributed by atoms with Gasteiger partial charge in [0.05, 0.1) is 9.80 Å². The largest absolute Gasteiger partial charge is 0.325 e. The van der Waals surface area contributed by atoms with E-state index in [2.05, 4.69) is 5.32 Å². The van der Waals surface area contributed by atoms with Crippen molar-refractivity contribution in [3.8, 4) is 0 Å². The minimum absolute atomic E-state index is 0.0318. The first-order valence-corrected chi connectivity index (χ1v) is 11.3. The van der Waals surface area contributed by atoms with Crippen LogP contribution in [0.1, 0.15) is 31.2 Å². The molecule has 0 atom stereocenters. The van der Waals surface area contributed by atoms with Crippen LogP contribution in [0.5, 0.6) is 0 Å². The number of sulfonamides is 1. The van der Waals surface area contributed by atoms with Gasteiger partial charge in [-0.1, -0.05) is 5.57 Å². The zero-order chi connectivity index (χ0) is 22.3. The summed E-state index contributed by atoms with van der Waals surface area (Å²) in [5.41, 5.74) is 1.10. The zero-order valence-electron chi connectivity index (χ0n) is 15.9. The number of rotatable bonds is 4. The number of alkyl halides is 2. The number of nitrogens with zero attached hydrogens (tertiary/aromatic N) is 1. The van der Waals surface area contributed by atoms with Crippen molar-refractivity contribution < 1.29 is 31.6 Å². The third-order valence-electron chi connectivity index (χ3n) is 4.82. The van der Waals surface area contributed by atoms with E-state index in [0.29, 0.717) is 22.9 Å². The van der Waals surface area contributed by atoms with Gasteiger partial charge in [-0.2, -0.15) is 0 Å². The van der Waals surface area contributed by atoms with Crippen LogP contribution in [0, 0.1) is 6.92 Å². The van der Waals surface area contributed by atoms with Crippen LogP contribution < -0.4 is 10.5 Å². The van der Waals surface area contributed by atoms with Gasteiger partial charge >= 0.3 is 0 Å². The number of imide groups is 1. The Balaban J connectivity index is 1.68. The molecule has 1 saturated carbocycles. The molecule has 1 heterocycles. The van der Waals surface area contributed by atoms with Crippen molar-refractivity contribution in [2.24, 2.45) is 5.14 Å². The number of anilines is 1. The Morgan fingerprint density at radius 1 is 1.27 bits per heavy atom. The summed E-state index contributed by atoms with van der Waals surface area (Å²) in [4.78, 5) is 37.8. The summed E-state index contributed by atoms with van der Waals surface area (Å²) in [6.07, 6.45) is -0.682. The van der Waals surface area contributed by atoms with E-state index in [-0.39, 0.29) is 41.2 Å². The normalized spacial score (nSPS) is 19.4. The van der Waals surface area contributed by atoms with Crippen LogP contribution in [-0.2, 0) is 19.6 Å². The summed E-state index contributed by atoms with van der Waals surface area (Å²) in [7, 11) is -3.90. The molecule has 1 saturated heterocycles. The Kier molecular flexibility index (Phi) is 6.03. The van der Waals surface area contributed by atoms with Crippen LogP contribution in [0.25, 0.3) is 0 Å². The van der Waals surface area contributed by atoms with E-state index in [1.54, 1.807) is 0 Å². The molecule has 3 rings (SSSR count). The number of nitrogens with one attached hydrogen (secondary N) is 1. The first-order valence-electron chi connectivity index (χ1n) is 8.94. The van der Waals surface area contributed by atoms with Gasteiger partial charge in [0.25, 0.3) is 11.1 Å². The average Bonchev–Trinajstić information content (AvgIpc) is 2.89. The van der Waals surface area contributed by atoms with Crippen molar-refractivity contribution >= 4 is 44.5 Å². The number of aryl methyl sites for hydroxylation is 1. The zero-order valence-corrected chi connectivity index (χ0v) is 17.5. The fourth-order valence-corrected chi connectivity index (χ4v) is 5.03. The maximum absolute atomic E-state index is 13.3. The van der Waals surface area contributed by atoms with E-state index in [9.17, 15) is 31.6 Å². The van der Waals surface area contributed by atoms with E-state index < -0.39 is 39.5 Å². The van der Waals surface area contributed by atoms with Gasteiger partial charge in [0.15, 0.2) is 0 Å². The van der Waals surface area contributed by atoms with E-state index in [1.165, 1.54) is 25.1 Å². The van der Waals surface area contributed by atoms with E-state index >= 15 is 0 Å². The predicted molar refractivity (Wildman–Crippen MR) is 106 cm³/mol. The minimum Gasteiger partial charge on any atom is -0.325 e. The Labute approximate surface area is 175 Å². The summed E-state index contributed by atoms with van der Waals surface area (Å²) in [6, 6.07) is 3.97. The summed E-state index contributed by atoms with van der Waals surface area (Å²) in [5, 5.41) is 6.94. The van der Waals surface area contributed by atoms with Gasteiger partial charge in [-0.25, -0.2) is 22.3 Å². The Morgan fingerprint density at radius 2 is 1.90 bits per heavy atom. The minimum atomic E-state index is -3.90. The molecule has 1 aliphatic carbocycles. The first kappa shape index (κ1) is 22.4. The van der Waals surface area contributed by atoms with Gasteiger partial charge in [0, 0.05) is 18.5 Å². The molecule has 3 N–H and O–H groups in total. The van der Waals surface area contributed by atoms with Gasteiger partial charge in [0.2, 0.25) is 21.9 Å². The van der Waals surface area contributed by atoms with Gasteiger partial charge in [-0.15, -0.1) is 0 Å². The number of primary sulfonamides is 1. The molecule has 30 heavy (non-hydrogen) atoms. The van der Waals surface area contributed by atoms with Crippen LogP contribution in [0.3, 0.4) is 0 Å². The number of nitrogens with two attached hydrogens (primary N) is 1. The van der Waals surface area contributed by atoms with E-state index in [0.717, 1.165) is 4.90 Å². The third kappa shape index (κ3) is 4.87. The molecule has 1 aromatic rings. The molecule has 1 aromatic carbocycles. The molecule has 12 heteroatoms. The fourth-order valence-electron chi connectivity index (χ4n) is 3.29. The maximum atomic E-state index is 13.3. The molecular formula is C18H19F2N3O5S2. The Morgan fingerprint density at radius 3 is 2.47 bits per heavy atom. The molecule has 1 aliphatic heterocycles. The van der Waals surface area contributed by atoms with Crippen molar-refractivity contribution in [3.63, 3.8) is 0 Å². The maximum Gasteiger partial charge on any atom is 0.294 e. The lowest BCUT2D eigenvalue weighted by Crippen LogP contribution is -2.36. The van der Waals surface area contributed by atoms with Crippen molar-refractivity contribution in [2.45, 2.75) is 43.4 Å². The smallest absolute Gasteiger partial charge is 0.294 e. The molecule has 162 valence electrons. The molecule has 0 unspecified atom stereocenters. The predicted octanol–water partition coefficient (Wildman–Crippen LogP) is 2.74. The highest BCUT2D eigenvalue weighted by atomic mass is 32.2. The number of allylic oxidation sites excluding steroid dienone is 1. The van der Waals surface area contributed by atoms with Gasteiger partial charge < -0.3 is 5.32 Å². The Bertz CT molecular complexity index is 1060. The number of halogens is 2. The van der Waals surface area contributed by atoms with Crippen LogP contribution in [-0.4, -0.2) is 42.8 Å². The number of benzene rings is 1. The second kappa shape index (κ2) is 8.08. The molecule has 0 aromatic heterocycles. The first-order chi connectivity index (χ1) is 13.9. The van der Waals surface area contributed by atoms with Crippen molar-refractivity contribution in [1.29, 1.82) is 0 Å². The highest BCUT2D eigenvalue weighted by Gasteiger charge is 2.41. The third-order valence-corrected chi connectivity index (χ3v) is 6.96. The summed E-state index contributed by atoms with van der Waals surface area (Å²) >= 11 is 0.655. The van der Waals surface area contributed by atoms with Crippen molar-refractivity contribution in [2.75, 3.05) is 11.9 Å². The highest BCUT2D eigenvalue weighted by molar-refractivity contribution is 8.18. The molecular weight excluding hydrogens is 440 g/mol.